The summed E-state index contributed by atoms with van der Waals surface area (Å²) in [6.45, 7) is 4.63. The van der Waals surface area contributed by atoms with Gasteiger partial charge in [0.05, 0.1) is 19.3 Å². The van der Waals surface area contributed by atoms with Gasteiger partial charge in [0.2, 0.25) is 0 Å². The SMILES string of the molecule is CC(CO)N1CCOC(c2ccc(Cl)cc2)C1. The molecule has 1 aliphatic heterocycles. The van der Waals surface area contributed by atoms with Gasteiger partial charge in [0.1, 0.15) is 0 Å². The largest absolute Gasteiger partial charge is 0.395 e. The van der Waals surface area contributed by atoms with Crippen molar-refractivity contribution in [1.29, 1.82) is 0 Å². The molecule has 4 heteroatoms. The van der Waals surface area contributed by atoms with E-state index in [1.807, 2.05) is 31.2 Å². The lowest BCUT2D eigenvalue weighted by Gasteiger charge is -2.36. The number of benzene rings is 1. The summed E-state index contributed by atoms with van der Waals surface area (Å²) in [6, 6.07) is 7.96. The fourth-order valence-corrected chi connectivity index (χ4v) is 2.19. The van der Waals surface area contributed by atoms with Crippen LogP contribution in [0.1, 0.15) is 18.6 Å². The molecule has 2 rings (SSSR count). The molecule has 0 spiro atoms. The molecule has 1 aromatic carbocycles. The van der Waals surface area contributed by atoms with Crippen LogP contribution in [-0.2, 0) is 4.74 Å². The molecule has 1 aliphatic rings. The third kappa shape index (κ3) is 3.19. The van der Waals surface area contributed by atoms with E-state index in [-0.39, 0.29) is 18.8 Å². The Hall–Kier alpha value is -0.610. The van der Waals surface area contributed by atoms with Gasteiger partial charge in [-0.15, -0.1) is 0 Å². The summed E-state index contributed by atoms with van der Waals surface area (Å²) < 4.78 is 5.76. The molecule has 3 nitrogen and oxygen atoms in total. The molecule has 94 valence electrons. The third-order valence-corrected chi connectivity index (χ3v) is 3.48. The predicted molar refractivity (Wildman–Crippen MR) is 68.3 cm³/mol. The standard InChI is InChI=1S/C13H18ClNO2/c1-10(9-16)15-6-7-17-13(8-15)11-2-4-12(14)5-3-11/h2-5,10,13,16H,6-9H2,1H3. The average molecular weight is 256 g/mol. The molecule has 2 atom stereocenters. The van der Waals surface area contributed by atoms with Gasteiger partial charge >= 0.3 is 0 Å². The van der Waals surface area contributed by atoms with Crippen LogP contribution in [0, 0.1) is 0 Å². The van der Waals surface area contributed by atoms with Crippen molar-refractivity contribution in [3.05, 3.63) is 34.9 Å². The van der Waals surface area contributed by atoms with Gasteiger partial charge < -0.3 is 9.84 Å². The molecule has 1 heterocycles. The Bertz CT molecular complexity index is 355. The van der Waals surface area contributed by atoms with Gasteiger partial charge in [-0.1, -0.05) is 23.7 Å². The highest BCUT2D eigenvalue weighted by Crippen LogP contribution is 2.24. The molecule has 0 amide bonds. The van der Waals surface area contributed by atoms with Crippen LogP contribution in [0.15, 0.2) is 24.3 Å². The Morgan fingerprint density at radius 1 is 1.47 bits per heavy atom. The molecule has 1 aromatic rings. The van der Waals surface area contributed by atoms with Gasteiger partial charge in [0.15, 0.2) is 0 Å². The van der Waals surface area contributed by atoms with Gasteiger partial charge in [-0.25, -0.2) is 0 Å². The van der Waals surface area contributed by atoms with Crippen LogP contribution in [0.4, 0.5) is 0 Å². The maximum absolute atomic E-state index is 9.18. The number of aliphatic hydroxyl groups excluding tert-OH is 1. The van der Waals surface area contributed by atoms with Crippen LogP contribution in [0.2, 0.25) is 5.02 Å². The zero-order valence-corrected chi connectivity index (χ0v) is 10.7. The Morgan fingerprint density at radius 2 is 2.18 bits per heavy atom. The molecule has 2 unspecified atom stereocenters. The quantitative estimate of drug-likeness (QED) is 0.898. The normalized spacial score (nSPS) is 23.6. The molecule has 0 saturated carbocycles. The van der Waals surface area contributed by atoms with E-state index in [2.05, 4.69) is 4.90 Å². The minimum atomic E-state index is 0.0787. The summed E-state index contributed by atoms with van der Waals surface area (Å²) >= 11 is 5.87. The maximum atomic E-state index is 9.18. The van der Waals surface area contributed by atoms with Crippen LogP contribution in [0.5, 0.6) is 0 Å². The summed E-state index contributed by atoms with van der Waals surface area (Å²) in [7, 11) is 0. The van der Waals surface area contributed by atoms with Gasteiger partial charge in [-0.2, -0.15) is 0 Å². The molecule has 0 bridgehead atoms. The summed E-state index contributed by atoms with van der Waals surface area (Å²) in [5.41, 5.74) is 1.14. The molecule has 1 saturated heterocycles. The summed E-state index contributed by atoms with van der Waals surface area (Å²) in [6.07, 6.45) is 0.0787. The minimum Gasteiger partial charge on any atom is -0.395 e. The molecule has 0 aromatic heterocycles. The summed E-state index contributed by atoms with van der Waals surface area (Å²) in [5, 5.41) is 9.92. The maximum Gasteiger partial charge on any atom is 0.0952 e. The summed E-state index contributed by atoms with van der Waals surface area (Å²) in [5.74, 6) is 0. The van der Waals surface area contributed by atoms with Crippen molar-refractivity contribution in [3.63, 3.8) is 0 Å². The van der Waals surface area contributed by atoms with E-state index in [0.717, 1.165) is 23.7 Å². The molecule has 1 fully saturated rings. The first-order valence-corrected chi connectivity index (χ1v) is 6.30. The molecular weight excluding hydrogens is 238 g/mol. The van der Waals surface area contributed by atoms with Crippen molar-refractivity contribution < 1.29 is 9.84 Å². The number of hydrogen-bond acceptors (Lipinski definition) is 3. The number of halogens is 1. The molecular formula is C13H18ClNO2. The molecule has 17 heavy (non-hydrogen) atoms. The van der Waals surface area contributed by atoms with E-state index in [0.29, 0.717) is 6.61 Å². The number of morpholine rings is 1. The Labute approximate surface area is 107 Å². The second kappa shape index (κ2) is 5.83. The number of aliphatic hydroxyl groups is 1. The Kier molecular flexibility index (Phi) is 4.40. The number of rotatable bonds is 3. The lowest BCUT2D eigenvalue weighted by Crippen LogP contribution is -2.44. The van der Waals surface area contributed by atoms with Gasteiger partial charge in [0.25, 0.3) is 0 Å². The Balaban J connectivity index is 2.04. The average Bonchev–Trinajstić information content (AvgIpc) is 2.39. The van der Waals surface area contributed by atoms with Crippen LogP contribution in [0.3, 0.4) is 0 Å². The van der Waals surface area contributed by atoms with Gasteiger partial charge in [-0.05, 0) is 24.6 Å². The first-order chi connectivity index (χ1) is 8.20. The smallest absolute Gasteiger partial charge is 0.0952 e. The van der Waals surface area contributed by atoms with Crippen molar-refractivity contribution in [1.82, 2.24) is 4.90 Å². The topological polar surface area (TPSA) is 32.7 Å². The van der Waals surface area contributed by atoms with Crippen LogP contribution in [-0.4, -0.2) is 42.4 Å². The van der Waals surface area contributed by atoms with Crippen molar-refractivity contribution in [2.24, 2.45) is 0 Å². The number of nitrogens with zero attached hydrogens (tertiary/aromatic N) is 1. The lowest BCUT2D eigenvalue weighted by molar-refractivity contribution is -0.0492. The van der Waals surface area contributed by atoms with Crippen LogP contribution >= 0.6 is 11.6 Å². The molecule has 0 radical (unpaired) electrons. The van der Waals surface area contributed by atoms with Gasteiger partial charge in [0, 0.05) is 24.2 Å². The van der Waals surface area contributed by atoms with Crippen molar-refractivity contribution >= 4 is 11.6 Å². The van der Waals surface area contributed by atoms with Crippen molar-refractivity contribution in [2.75, 3.05) is 26.3 Å². The van der Waals surface area contributed by atoms with E-state index < -0.39 is 0 Å². The van der Waals surface area contributed by atoms with Crippen LogP contribution < -0.4 is 0 Å². The molecule has 0 aliphatic carbocycles. The van der Waals surface area contributed by atoms with E-state index in [1.165, 1.54) is 0 Å². The van der Waals surface area contributed by atoms with Gasteiger partial charge in [-0.3, -0.25) is 4.90 Å². The number of hydrogen-bond donors (Lipinski definition) is 1. The highest BCUT2D eigenvalue weighted by Gasteiger charge is 2.24. The first-order valence-electron chi connectivity index (χ1n) is 5.92. The van der Waals surface area contributed by atoms with E-state index in [9.17, 15) is 5.11 Å². The van der Waals surface area contributed by atoms with E-state index >= 15 is 0 Å². The zero-order valence-electron chi connectivity index (χ0n) is 9.97. The van der Waals surface area contributed by atoms with Crippen molar-refractivity contribution in [2.45, 2.75) is 19.1 Å². The fraction of sp³-hybridized carbons (Fsp3) is 0.538. The fourth-order valence-electron chi connectivity index (χ4n) is 2.06. The van der Waals surface area contributed by atoms with Crippen molar-refractivity contribution in [3.8, 4) is 0 Å². The highest BCUT2D eigenvalue weighted by molar-refractivity contribution is 6.30. The van der Waals surface area contributed by atoms with E-state index in [4.69, 9.17) is 16.3 Å². The Morgan fingerprint density at radius 3 is 2.82 bits per heavy atom. The second-order valence-electron chi connectivity index (χ2n) is 4.44. The first kappa shape index (κ1) is 12.8. The zero-order chi connectivity index (χ0) is 12.3. The monoisotopic (exact) mass is 255 g/mol. The van der Waals surface area contributed by atoms with Crippen LogP contribution in [0.25, 0.3) is 0 Å². The minimum absolute atomic E-state index is 0.0787. The third-order valence-electron chi connectivity index (χ3n) is 3.23. The second-order valence-corrected chi connectivity index (χ2v) is 4.87. The highest BCUT2D eigenvalue weighted by atomic mass is 35.5. The molecule has 1 N–H and O–H groups in total. The predicted octanol–water partition coefficient (Wildman–Crippen LogP) is 2.09. The lowest BCUT2D eigenvalue weighted by atomic mass is 10.1. The van der Waals surface area contributed by atoms with E-state index in [1.54, 1.807) is 0 Å². The summed E-state index contributed by atoms with van der Waals surface area (Å²) in [4.78, 5) is 2.25. The number of ether oxygens (including phenoxy) is 1.